The summed E-state index contributed by atoms with van der Waals surface area (Å²) in [5.41, 5.74) is 2.54. The summed E-state index contributed by atoms with van der Waals surface area (Å²) in [6, 6.07) is 18.8. The Morgan fingerprint density at radius 3 is 2.13 bits per heavy atom. The van der Waals surface area contributed by atoms with Crippen LogP contribution in [0.25, 0.3) is 0 Å². The second kappa shape index (κ2) is 10.8. The van der Waals surface area contributed by atoms with Crippen LogP contribution in [0.4, 0.5) is 0 Å². The van der Waals surface area contributed by atoms with E-state index in [9.17, 15) is 4.79 Å². The van der Waals surface area contributed by atoms with Gasteiger partial charge in [-0.15, -0.1) is 0 Å². The molecule has 2 aliphatic rings. The van der Waals surface area contributed by atoms with Crippen molar-refractivity contribution in [3.63, 3.8) is 0 Å². The molecule has 1 amide bonds. The number of benzene rings is 2. The van der Waals surface area contributed by atoms with E-state index in [-0.39, 0.29) is 5.91 Å². The summed E-state index contributed by atoms with van der Waals surface area (Å²) >= 11 is 0. The second-order valence-electron chi connectivity index (χ2n) is 9.28. The predicted molar refractivity (Wildman–Crippen MR) is 125 cm³/mol. The molecule has 4 nitrogen and oxygen atoms in total. The molecule has 0 bridgehead atoms. The normalized spacial score (nSPS) is 18.8. The molecule has 2 aliphatic heterocycles. The van der Waals surface area contributed by atoms with Gasteiger partial charge < -0.3 is 14.5 Å². The number of methoxy groups -OCH3 is 1. The van der Waals surface area contributed by atoms with Gasteiger partial charge in [0.05, 0.1) is 13.5 Å². The Bertz CT molecular complexity index is 805. The highest BCUT2D eigenvalue weighted by molar-refractivity contribution is 5.78. The zero-order chi connectivity index (χ0) is 21.5. The molecule has 0 saturated carbocycles. The fourth-order valence-electron chi connectivity index (χ4n) is 5.08. The molecule has 4 heteroatoms. The van der Waals surface area contributed by atoms with Gasteiger partial charge in [-0.25, -0.2) is 0 Å². The van der Waals surface area contributed by atoms with E-state index in [2.05, 4.69) is 40.1 Å². The number of hydrogen-bond donors (Lipinski definition) is 0. The van der Waals surface area contributed by atoms with Crippen molar-refractivity contribution in [3.05, 3.63) is 65.7 Å². The first-order valence-corrected chi connectivity index (χ1v) is 11.9. The minimum absolute atomic E-state index is 0.255. The van der Waals surface area contributed by atoms with Crippen molar-refractivity contribution in [1.29, 1.82) is 0 Å². The van der Waals surface area contributed by atoms with Crippen LogP contribution < -0.4 is 4.74 Å². The van der Waals surface area contributed by atoms with Crippen molar-refractivity contribution in [2.75, 3.05) is 39.8 Å². The number of nitrogens with zero attached hydrogens (tertiary/aromatic N) is 2. The van der Waals surface area contributed by atoms with Gasteiger partial charge in [-0.3, -0.25) is 4.79 Å². The van der Waals surface area contributed by atoms with E-state index in [4.69, 9.17) is 4.74 Å². The van der Waals surface area contributed by atoms with Crippen molar-refractivity contribution in [1.82, 2.24) is 9.80 Å². The molecule has 0 unspecified atom stereocenters. The summed E-state index contributed by atoms with van der Waals surface area (Å²) < 4.78 is 5.20. The molecular formula is C27H36N2O2. The topological polar surface area (TPSA) is 32.8 Å². The van der Waals surface area contributed by atoms with Gasteiger partial charge in [-0.1, -0.05) is 42.5 Å². The van der Waals surface area contributed by atoms with E-state index in [1.54, 1.807) is 7.11 Å². The lowest BCUT2D eigenvalue weighted by Crippen LogP contribution is -2.43. The Balaban J connectivity index is 1.15. The molecule has 0 radical (unpaired) electrons. The summed E-state index contributed by atoms with van der Waals surface area (Å²) in [7, 11) is 1.66. The molecule has 0 aliphatic carbocycles. The van der Waals surface area contributed by atoms with Crippen molar-refractivity contribution in [3.8, 4) is 5.75 Å². The maximum Gasteiger partial charge on any atom is 0.226 e. The van der Waals surface area contributed by atoms with Crippen LogP contribution in [0.15, 0.2) is 54.6 Å². The van der Waals surface area contributed by atoms with Crippen molar-refractivity contribution >= 4 is 5.91 Å². The first kappa shape index (κ1) is 21.9. The van der Waals surface area contributed by atoms with Gasteiger partial charge in [0.15, 0.2) is 0 Å². The quantitative estimate of drug-likeness (QED) is 0.664. The number of carbonyl (C=O) groups excluding carboxylic acids is 1. The number of ether oxygens (including phenoxy) is 1. The fourth-order valence-corrected chi connectivity index (χ4v) is 5.08. The molecule has 31 heavy (non-hydrogen) atoms. The van der Waals surface area contributed by atoms with Crippen molar-refractivity contribution in [2.24, 2.45) is 11.8 Å². The monoisotopic (exact) mass is 420 g/mol. The summed E-state index contributed by atoms with van der Waals surface area (Å²) in [4.78, 5) is 17.4. The van der Waals surface area contributed by atoms with Gasteiger partial charge in [0.1, 0.15) is 5.75 Å². The molecule has 2 fully saturated rings. The Morgan fingerprint density at radius 2 is 1.48 bits per heavy atom. The third-order valence-corrected chi connectivity index (χ3v) is 7.07. The van der Waals surface area contributed by atoms with Crippen molar-refractivity contribution < 1.29 is 9.53 Å². The van der Waals surface area contributed by atoms with Gasteiger partial charge in [-0.2, -0.15) is 0 Å². The van der Waals surface area contributed by atoms with Gasteiger partial charge in [0.25, 0.3) is 0 Å². The van der Waals surface area contributed by atoms with E-state index in [0.29, 0.717) is 6.42 Å². The fraction of sp³-hybridized carbons (Fsp3) is 0.519. The van der Waals surface area contributed by atoms with Crippen molar-refractivity contribution in [2.45, 2.75) is 38.5 Å². The Labute approximate surface area is 187 Å². The second-order valence-corrected chi connectivity index (χ2v) is 9.28. The molecule has 0 atom stereocenters. The molecule has 166 valence electrons. The average molecular weight is 421 g/mol. The summed E-state index contributed by atoms with van der Waals surface area (Å²) in [5, 5.41) is 0. The van der Waals surface area contributed by atoms with E-state index in [1.165, 1.54) is 44.5 Å². The van der Waals surface area contributed by atoms with Crippen LogP contribution in [0.5, 0.6) is 5.75 Å². The molecule has 2 aromatic carbocycles. The summed E-state index contributed by atoms with van der Waals surface area (Å²) in [6.45, 7) is 5.48. The summed E-state index contributed by atoms with van der Waals surface area (Å²) in [5.74, 6) is 2.65. The maximum absolute atomic E-state index is 12.7. The number of piperidine rings is 2. The molecule has 0 aromatic heterocycles. The highest BCUT2D eigenvalue weighted by atomic mass is 16.5. The zero-order valence-electron chi connectivity index (χ0n) is 18.8. The largest absolute Gasteiger partial charge is 0.497 e. The van der Waals surface area contributed by atoms with Crippen LogP contribution in [-0.4, -0.2) is 55.5 Å². The van der Waals surface area contributed by atoms with Crippen LogP contribution in [0.3, 0.4) is 0 Å². The smallest absolute Gasteiger partial charge is 0.226 e. The lowest BCUT2D eigenvalue weighted by molar-refractivity contribution is -0.131. The first-order valence-electron chi connectivity index (χ1n) is 11.9. The van der Waals surface area contributed by atoms with E-state index in [0.717, 1.165) is 49.1 Å². The van der Waals surface area contributed by atoms with Crippen LogP contribution >= 0.6 is 0 Å². The molecule has 4 rings (SSSR count). The minimum Gasteiger partial charge on any atom is -0.497 e. The van der Waals surface area contributed by atoms with E-state index >= 15 is 0 Å². The first-order chi connectivity index (χ1) is 15.2. The van der Waals surface area contributed by atoms with E-state index < -0.39 is 0 Å². The molecular weight excluding hydrogens is 384 g/mol. The third kappa shape index (κ3) is 6.33. The van der Waals surface area contributed by atoms with Crippen LogP contribution in [0, 0.1) is 11.8 Å². The number of amides is 1. The van der Waals surface area contributed by atoms with E-state index in [1.807, 2.05) is 24.3 Å². The zero-order valence-corrected chi connectivity index (χ0v) is 18.8. The van der Waals surface area contributed by atoms with Gasteiger partial charge in [0.2, 0.25) is 5.91 Å². The highest BCUT2D eigenvalue weighted by Crippen LogP contribution is 2.25. The predicted octanol–water partition coefficient (Wildman–Crippen LogP) is 4.43. The van der Waals surface area contributed by atoms with Crippen LogP contribution in [0.2, 0.25) is 0 Å². The molecule has 2 saturated heterocycles. The number of likely N-dealkylation sites (tertiary alicyclic amines) is 2. The standard InChI is InChI=1S/C27H36N2O2/c1-31-26-9-7-23(8-10-26)20-27(30)29-17-13-25(14-18-29)21-28-15-11-24(12-16-28)19-22-5-3-2-4-6-22/h2-10,24-25H,11-21H2,1H3. The number of carbonyl (C=O) groups is 1. The third-order valence-electron chi connectivity index (χ3n) is 7.07. The van der Waals surface area contributed by atoms with Gasteiger partial charge >= 0.3 is 0 Å². The minimum atomic E-state index is 0.255. The highest BCUT2D eigenvalue weighted by Gasteiger charge is 2.26. The lowest BCUT2D eigenvalue weighted by atomic mass is 9.89. The molecule has 2 aromatic rings. The Morgan fingerprint density at radius 1 is 0.839 bits per heavy atom. The lowest BCUT2D eigenvalue weighted by Gasteiger charge is -2.37. The summed E-state index contributed by atoms with van der Waals surface area (Å²) in [6.07, 6.45) is 6.62. The molecule has 0 N–H and O–H groups in total. The molecule has 0 spiro atoms. The number of rotatable bonds is 7. The van der Waals surface area contributed by atoms with Gasteiger partial charge in [-0.05, 0) is 80.3 Å². The van der Waals surface area contributed by atoms with Crippen LogP contribution in [-0.2, 0) is 17.6 Å². The SMILES string of the molecule is COc1ccc(CC(=O)N2CCC(CN3CCC(Cc4ccccc4)CC3)CC2)cc1. The number of hydrogen-bond acceptors (Lipinski definition) is 3. The Hall–Kier alpha value is -2.33. The Kier molecular flexibility index (Phi) is 7.63. The average Bonchev–Trinajstić information content (AvgIpc) is 2.82. The maximum atomic E-state index is 12.7. The van der Waals surface area contributed by atoms with Gasteiger partial charge in [0, 0.05) is 19.6 Å². The van der Waals surface area contributed by atoms with Crippen LogP contribution in [0.1, 0.15) is 36.8 Å². The molecule has 2 heterocycles.